The summed E-state index contributed by atoms with van der Waals surface area (Å²) in [6, 6.07) is 0.452. The van der Waals surface area contributed by atoms with Gasteiger partial charge in [0.15, 0.2) is 0 Å². The van der Waals surface area contributed by atoms with E-state index >= 15 is 0 Å². The Morgan fingerprint density at radius 2 is 1.48 bits per heavy atom. The van der Waals surface area contributed by atoms with E-state index in [1.165, 1.54) is 0 Å². The molecule has 3 rings (SSSR count). The van der Waals surface area contributed by atoms with Gasteiger partial charge in [0.2, 0.25) is 11.8 Å². The molecule has 0 unspecified atom stereocenters. The van der Waals surface area contributed by atoms with Gasteiger partial charge in [-0.05, 0) is 34.6 Å². The van der Waals surface area contributed by atoms with Crippen LogP contribution in [0, 0.1) is 27.7 Å². The number of hydrogen-bond acceptors (Lipinski definition) is 6. The summed E-state index contributed by atoms with van der Waals surface area (Å²) in [5.74, 6) is 3.47. The highest BCUT2D eigenvalue weighted by molar-refractivity contribution is 5.06. The first-order chi connectivity index (χ1) is 10.9. The van der Waals surface area contributed by atoms with Gasteiger partial charge in [-0.25, -0.2) is 9.97 Å². The third kappa shape index (κ3) is 3.64. The van der Waals surface area contributed by atoms with Crippen molar-refractivity contribution in [2.45, 2.75) is 53.8 Å². The number of nitrogens with zero attached hydrogens (tertiary/aromatic N) is 4. The van der Waals surface area contributed by atoms with E-state index < -0.39 is 0 Å². The molecule has 3 heterocycles. The van der Waals surface area contributed by atoms with Crippen LogP contribution in [0.15, 0.2) is 8.83 Å². The fourth-order valence-electron chi connectivity index (χ4n) is 3.03. The standard InChI is InChI=1S/C17H26N4O2/c1-11-8-20(9-16-18-12(2)14(4)22-16)6-7-21(11)10-17-19-13(3)15(5)23-17/h11H,6-10H2,1-5H3/t11-/m0/s1. The molecular formula is C17H26N4O2. The first-order valence-corrected chi connectivity index (χ1v) is 8.24. The fraction of sp³-hybridized carbons (Fsp3) is 0.647. The van der Waals surface area contributed by atoms with Crippen molar-refractivity contribution in [1.29, 1.82) is 0 Å². The van der Waals surface area contributed by atoms with E-state index in [4.69, 9.17) is 8.83 Å². The van der Waals surface area contributed by atoms with Crippen LogP contribution in [0.5, 0.6) is 0 Å². The summed E-state index contributed by atoms with van der Waals surface area (Å²) in [4.78, 5) is 13.8. The highest BCUT2D eigenvalue weighted by Gasteiger charge is 2.26. The van der Waals surface area contributed by atoms with Gasteiger partial charge in [-0.3, -0.25) is 9.80 Å². The zero-order chi connectivity index (χ0) is 16.6. The molecule has 0 aliphatic carbocycles. The Hall–Kier alpha value is -1.66. The Labute approximate surface area is 137 Å². The molecule has 0 N–H and O–H groups in total. The minimum Gasteiger partial charge on any atom is -0.444 e. The molecule has 23 heavy (non-hydrogen) atoms. The van der Waals surface area contributed by atoms with Crippen molar-refractivity contribution in [2.75, 3.05) is 19.6 Å². The molecule has 1 aliphatic heterocycles. The lowest BCUT2D eigenvalue weighted by molar-refractivity contribution is 0.0617. The van der Waals surface area contributed by atoms with Gasteiger partial charge >= 0.3 is 0 Å². The third-order valence-corrected chi connectivity index (χ3v) is 4.69. The lowest BCUT2D eigenvalue weighted by atomic mass is 10.2. The maximum Gasteiger partial charge on any atom is 0.208 e. The van der Waals surface area contributed by atoms with E-state index in [2.05, 4.69) is 26.7 Å². The topological polar surface area (TPSA) is 58.5 Å². The molecule has 0 aromatic carbocycles. The SMILES string of the molecule is Cc1nc(CN2CCN(Cc3nc(C)c(C)o3)[C@@H](C)C2)oc1C. The largest absolute Gasteiger partial charge is 0.444 e. The van der Waals surface area contributed by atoms with Gasteiger partial charge in [0, 0.05) is 25.7 Å². The maximum atomic E-state index is 5.71. The van der Waals surface area contributed by atoms with Crippen LogP contribution in [0.3, 0.4) is 0 Å². The molecule has 6 nitrogen and oxygen atoms in total. The molecule has 2 aromatic heterocycles. The molecular weight excluding hydrogens is 292 g/mol. The predicted octanol–water partition coefficient (Wildman–Crippen LogP) is 2.60. The van der Waals surface area contributed by atoms with Gasteiger partial charge in [0.1, 0.15) is 11.5 Å². The second-order valence-corrected chi connectivity index (χ2v) is 6.55. The van der Waals surface area contributed by atoms with Crippen LogP contribution in [0.4, 0.5) is 0 Å². The lowest BCUT2D eigenvalue weighted by Crippen LogP contribution is -2.51. The van der Waals surface area contributed by atoms with Gasteiger partial charge in [-0.15, -0.1) is 0 Å². The van der Waals surface area contributed by atoms with Crippen molar-refractivity contribution in [1.82, 2.24) is 19.8 Å². The van der Waals surface area contributed by atoms with E-state index in [0.717, 1.165) is 67.4 Å². The zero-order valence-electron chi connectivity index (χ0n) is 14.7. The Bertz CT molecular complexity index is 637. The minimum atomic E-state index is 0.452. The summed E-state index contributed by atoms with van der Waals surface area (Å²) in [6.07, 6.45) is 0. The predicted molar refractivity (Wildman–Crippen MR) is 87.1 cm³/mol. The monoisotopic (exact) mass is 318 g/mol. The molecule has 0 spiro atoms. The second-order valence-electron chi connectivity index (χ2n) is 6.55. The number of rotatable bonds is 4. The second kappa shape index (κ2) is 6.45. The number of piperazine rings is 1. The Kier molecular flexibility index (Phi) is 4.55. The highest BCUT2D eigenvalue weighted by atomic mass is 16.4. The number of aromatic nitrogens is 2. The number of oxazole rings is 2. The Balaban J connectivity index is 1.56. The summed E-state index contributed by atoms with van der Waals surface area (Å²) in [6.45, 7) is 14.7. The normalized spacial score (nSPS) is 20.3. The van der Waals surface area contributed by atoms with Crippen LogP contribution in [-0.2, 0) is 13.1 Å². The highest BCUT2D eigenvalue weighted by Crippen LogP contribution is 2.18. The molecule has 0 bridgehead atoms. The van der Waals surface area contributed by atoms with E-state index in [-0.39, 0.29) is 0 Å². The molecule has 1 atom stereocenters. The maximum absolute atomic E-state index is 5.71. The van der Waals surface area contributed by atoms with Crippen LogP contribution >= 0.6 is 0 Å². The van der Waals surface area contributed by atoms with Gasteiger partial charge in [0.05, 0.1) is 24.5 Å². The van der Waals surface area contributed by atoms with Gasteiger partial charge in [0.25, 0.3) is 0 Å². The van der Waals surface area contributed by atoms with Crippen LogP contribution < -0.4 is 0 Å². The van der Waals surface area contributed by atoms with Crippen LogP contribution in [-0.4, -0.2) is 45.4 Å². The zero-order valence-corrected chi connectivity index (χ0v) is 14.7. The molecule has 6 heteroatoms. The van der Waals surface area contributed by atoms with Gasteiger partial charge in [-0.1, -0.05) is 0 Å². The smallest absolute Gasteiger partial charge is 0.208 e. The first-order valence-electron chi connectivity index (χ1n) is 8.24. The Morgan fingerprint density at radius 1 is 0.913 bits per heavy atom. The fourth-order valence-corrected chi connectivity index (χ4v) is 3.03. The lowest BCUT2D eigenvalue weighted by Gasteiger charge is -2.38. The quantitative estimate of drug-likeness (QED) is 0.863. The average Bonchev–Trinajstić information content (AvgIpc) is 2.96. The van der Waals surface area contributed by atoms with E-state index in [0.29, 0.717) is 6.04 Å². The van der Waals surface area contributed by atoms with E-state index in [1.807, 2.05) is 27.7 Å². The molecule has 2 aromatic rings. The summed E-state index contributed by atoms with van der Waals surface area (Å²) in [5.41, 5.74) is 1.97. The van der Waals surface area contributed by atoms with Crippen molar-refractivity contribution >= 4 is 0 Å². The van der Waals surface area contributed by atoms with Crippen molar-refractivity contribution in [2.24, 2.45) is 0 Å². The van der Waals surface area contributed by atoms with Crippen LogP contribution in [0.25, 0.3) is 0 Å². The molecule has 1 fully saturated rings. The number of hydrogen-bond donors (Lipinski definition) is 0. The molecule has 0 saturated carbocycles. The Morgan fingerprint density at radius 3 is 1.96 bits per heavy atom. The van der Waals surface area contributed by atoms with Crippen molar-refractivity contribution in [3.63, 3.8) is 0 Å². The molecule has 0 amide bonds. The molecule has 1 aliphatic rings. The summed E-state index contributed by atoms with van der Waals surface area (Å²) < 4.78 is 11.4. The average molecular weight is 318 g/mol. The van der Waals surface area contributed by atoms with Crippen molar-refractivity contribution < 1.29 is 8.83 Å². The van der Waals surface area contributed by atoms with Crippen molar-refractivity contribution in [3.8, 4) is 0 Å². The summed E-state index contributed by atoms with van der Waals surface area (Å²) >= 11 is 0. The third-order valence-electron chi connectivity index (χ3n) is 4.69. The van der Waals surface area contributed by atoms with Gasteiger partial charge < -0.3 is 8.83 Å². The summed E-state index contributed by atoms with van der Waals surface area (Å²) in [7, 11) is 0. The first kappa shape index (κ1) is 16.2. The van der Waals surface area contributed by atoms with Crippen LogP contribution in [0.1, 0.15) is 41.6 Å². The molecule has 1 saturated heterocycles. The molecule has 126 valence electrons. The van der Waals surface area contributed by atoms with Crippen molar-refractivity contribution in [3.05, 3.63) is 34.7 Å². The van der Waals surface area contributed by atoms with Gasteiger partial charge in [-0.2, -0.15) is 0 Å². The summed E-state index contributed by atoms with van der Waals surface area (Å²) in [5, 5.41) is 0. The van der Waals surface area contributed by atoms with E-state index in [9.17, 15) is 0 Å². The molecule has 0 radical (unpaired) electrons. The minimum absolute atomic E-state index is 0.452. The number of aryl methyl sites for hydroxylation is 4. The van der Waals surface area contributed by atoms with Crippen LogP contribution in [0.2, 0.25) is 0 Å². The van der Waals surface area contributed by atoms with E-state index in [1.54, 1.807) is 0 Å².